The van der Waals surface area contributed by atoms with Gasteiger partial charge in [0.1, 0.15) is 0 Å². The molecule has 3 aromatic rings. The maximum atomic E-state index is 12.9. The maximum absolute atomic E-state index is 12.9. The van der Waals surface area contributed by atoms with Crippen LogP contribution in [0, 0.1) is 5.92 Å². The first-order valence-electron chi connectivity index (χ1n) is 10.3. The molecule has 5 rings (SSSR count). The molecule has 160 valence electrons. The lowest BCUT2D eigenvalue weighted by atomic mass is 10.1. The molecule has 0 unspecified atom stereocenters. The van der Waals surface area contributed by atoms with Crippen LogP contribution in [0.2, 0.25) is 0 Å². The second kappa shape index (κ2) is 7.81. The highest BCUT2D eigenvalue weighted by atomic mass is 16.2. The Hall–Kier alpha value is -4.20. The Morgan fingerprint density at radius 2 is 1.84 bits per heavy atom. The first-order valence-corrected chi connectivity index (χ1v) is 10.3. The number of aromatic amines is 1. The van der Waals surface area contributed by atoms with Gasteiger partial charge in [0.25, 0.3) is 11.5 Å². The lowest BCUT2D eigenvalue weighted by molar-refractivity contribution is -0.116. The molecule has 0 spiro atoms. The van der Waals surface area contributed by atoms with E-state index in [1.54, 1.807) is 60.9 Å². The Kier molecular flexibility index (Phi) is 4.82. The van der Waals surface area contributed by atoms with Gasteiger partial charge in [-0.1, -0.05) is 24.3 Å². The van der Waals surface area contributed by atoms with Crippen LogP contribution in [0.3, 0.4) is 0 Å². The number of hydrazine groups is 1. The molecule has 0 bridgehead atoms. The van der Waals surface area contributed by atoms with Gasteiger partial charge in [0.15, 0.2) is 5.78 Å². The summed E-state index contributed by atoms with van der Waals surface area (Å²) >= 11 is 0. The summed E-state index contributed by atoms with van der Waals surface area (Å²) in [4.78, 5) is 51.9. The van der Waals surface area contributed by atoms with Crippen LogP contribution in [0.25, 0.3) is 10.9 Å². The summed E-state index contributed by atoms with van der Waals surface area (Å²) in [6.45, 7) is 0.195. The first-order chi connectivity index (χ1) is 15.5. The van der Waals surface area contributed by atoms with Gasteiger partial charge in [-0.15, -0.1) is 0 Å². The van der Waals surface area contributed by atoms with E-state index >= 15 is 0 Å². The molecule has 1 saturated carbocycles. The molecule has 1 amide bonds. The van der Waals surface area contributed by atoms with Crippen LogP contribution in [0.15, 0.2) is 82.2 Å². The van der Waals surface area contributed by atoms with Gasteiger partial charge < -0.3 is 0 Å². The zero-order valence-electron chi connectivity index (χ0n) is 17.1. The molecule has 8 heteroatoms. The number of aromatic nitrogens is 2. The van der Waals surface area contributed by atoms with Crippen molar-refractivity contribution in [2.75, 3.05) is 0 Å². The summed E-state index contributed by atoms with van der Waals surface area (Å²) in [7, 11) is 0. The highest BCUT2D eigenvalue weighted by molar-refractivity contribution is 6.01. The summed E-state index contributed by atoms with van der Waals surface area (Å²) in [6, 6.07) is 13.8. The zero-order chi connectivity index (χ0) is 22.2. The second-order valence-corrected chi connectivity index (χ2v) is 7.92. The Morgan fingerprint density at radius 3 is 2.59 bits per heavy atom. The predicted molar refractivity (Wildman–Crippen MR) is 119 cm³/mol. The number of hydrogen-bond acceptors (Lipinski definition) is 5. The van der Waals surface area contributed by atoms with Crippen LogP contribution in [0.4, 0.5) is 0 Å². The van der Waals surface area contributed by atoms with Crippen molar-refractivity contribution in [1.29, 1.82) is 0 Å². The second-order valence-electron chi connectivity index (χ2n) is 7.92. The molecular weight excluding hydrogens is 408 g/mol. The number of Topliss-reactive ketones (excluding diaryl/α,β-unsaturated/α-hetero) is 1. The minimum absolute atomic E-state index is 0.0985. The number of nitrogens with zero attached hydrogens (tertiary/aromatic N) is 2. The van der Waals surface area contributed by atoms with E-state index in [0.717, 1.165) is 18.4 Å². The smallest absolute Gasteiger partial charge is 0.298 e. The summed E-state index contributed by atoms with van der Waals surface area (Å²) in [5.41, 5.74) is 4.16. The van der Waals surface area contributed by atoms with Crippen molar-refractivity contribution in [3.05, 3.63) is 105 Å². The first kappa shape index (κ1) is 19.7. The fraction of sp³-hybridized carbons (Fsp3) is 0.167. The molecule has 0 saturated heterocycles. The van der Waals surface area contributed by atoms with Crippen molar-refractivity contribution in [2.24, 2.45) is 5.92 Å². The van der Waals surface area contributed by atoms with E-state index in [9.17, 15) is 19.2 Å². The fourth-order valence-electron chi connectivity index (χ4n) is 3.77. The summed E-state index contributed by atoms with van der Waals surface area (Å²) in [5.74, 6) is -0.0867. The number of para-hydroxylation sites is 1. The monoisotopic (exact) mass is 428 g/mol. The SMILES string of the molecule is O=C(C1=CNN(C(=O)c2cccc(Cn3c(=O)[nH]c(=O)c4ccccc43)c2)C=C1)C1CC1. The van der Waals surface area contributed by atoms with Gasteiger partial charge in [0.2, 0.25) is 0 Å². The van der Waals surface area contributed by atoms with Crippen LogP contribution in [-0.2, 0) is 11.3 Å². The molecule has 1 aliphatic carbocycles. The number of fused-ring (bicyclic) bond motifs is 1. The van der Waals surface area contributed by atoms with Crippen molar-refractivity contribution >= 4 is 22.6 Å². The average molecular weight is 428 g/mol. The van der Waals surface area contributed by atoms with Gasteiger partial charge in [0, 0.05) is 29.5 Å². The van der Waals surface area contributed by atoms with Crippen LogP contribution in [-0.4, -0.2) is 26.3 Å². The minimum Gasteiger partial charge on any atom is -0.298 e. The molecule has 32 heavy (non-hydrogen) atoms. The highest BCUT2D eigenvalue weighted by Crippen LogP contribution is 2.32. The van der Waals surface area contributed by atoms with Crippen LogP contribution in [0.1, 0.15) is 28.8 Å². The van der Waals surface area contributed by atoms with Crippen molar-refractivity contribution in [1.82, 2.24) is 20.0 Å². The maximum Gasteiger partial charge on any atom is 0.329 e. The lowest BCUT2D eigenvalue weighted by Gasteiger charge is -2.22. The van der Waals surface area contributed by atoms with Crippen LogP contribution >= 0.6 is 0 Å². The average Bonchev–Trinajstić information content (AvgIpc) is 3.67. The molecule has 1 fully saturated rings. The number of ketones is 1. The molecule has 8 nitrogen and oxygen atoms in total. The molecular formula is C24H20N4O4. The van der Waals surface area contributed by atoms with E-state index in [1.165, 1.54) is 9.58 Å². The van der Waals surface area contributed by atoms with E-state index in [0.29, 0.717) is 22.0 Å². The largest absolute Gasteiger partial charge is 0.329 e. The molecule has 1 aliphatic heterocycles. The zero-order valence-corrected chi connectivity index (χ0v) is 17.1. The van der Waals surface area contributed by atoms with Crippen molar-refractivity contribution in [3.8, 4) is 0 Å². The van der Waals surface area contributed by atoms with Gasteiger partial charge >= 0.3 is 5.69 Å². The van der Waals surface area contributed by atoms with E-state index in [2.05, 4.69) is 10.4 Å². The van der Waals surface area contributed by atoms with Gasteiger partial charge in [-0.05, 0) is 48.7 Å². The lowest BCUT2D eigenvalue weighted by Crippen LogP contribution is -2.37. The summed E-state index contributed by atoms with van der Waals surface area (Å²) in [6.07, 6.45) is 6.59. The van der Waals surface area contributed by atoms with E-state index < -0.39 is 11.2 Å². The van der Waals surface area contributed by atoms with Crippen LogP contribution in [0.5, 0.6) is 0 Å². The topological polar surface area (TPSA) is 104 Å². The van der Waals surface area contributed by atoms with E-state index in [4.69, 9.17) is 0 Å². The molecule has 1 aromatic heterocycles. The Morgan fingerprint density at radius 1 is 1.03 bits per heavy atom. The Balaban J connectivity index is 1.38. The van der Waals surface area contributed by atoms with Crippen LogP contribution < -0.4 is 16.7 Å². The summed E-state index contributed by atoms with van der Waals surface area (Å²) < 4.78 is 1.47. The standard InChI is InChI=1S/C24H20N4O4/c29-21(16-8-9-16)18-10-11-28(25-13-18)23(31)17-5-3-4-15(12-17)14-27-20-7-2-1-6-19(20)22(30)26-24(27)32/h1-7,10-13,16,25H,8-9,14H2,(H,26,30,32). The highest BCUT2D eigenvalue weighted by Gasteiger charge is 2.31. The van der Waals surface area contributed by atoms with E-state index in [1.807, 2.05) is 6.07 Å². The van der Waals surface area contributed by atoms with Gasteiger partial charge in [0.05, 0.1) is 17.4 Å². The number of rotatable bonds is 5. The number of hydrogen-bond donors (Lipinski definition) is 2. The number of carbonyl (C=O) groups is 2. The van der Waals surface area contributed by atoms with Crippen molar-refractivity contribution < 1.29 is 9.59 Å². The summed E-state index contributed by atoms with van der Waals surface area (Å²) in [5, 5.41) is 1.73. The third-order valence-electron chi connectivity index (χ3n) is 5.63. The van der Waals surface area contributed by atoms with Gasteiger partial charge in [-0.25, -0.2) is 9.80 Å². The third-order valence-corrected chi connectivity index (χ3v) is 5.63. The normalized spacial score (nSPS) is 15.4. The molecule has 2 aromatic carbocycles. The quantitative estimate of drug-likeness (QED) is 0.648. The van der Waals surface area contributed by atoms with E-state index in [-0.39, 0.29) is 24.2 Å². The Labute approximate surface area is 182 Å². The minimum atomic E-state index is -0.510. The van der Waals surface area contributed by atoms with Crippen molar-refractivity contribution in [3.63, 3.8) is 0 Å². The van der Waals surface area contributed by atoms with Gasteiger partial charge in [-0.3, -0.25) is 29.4 Å². The molecule has 2 N–H and O–H groups in total. The number of H-pyrrole nitrogens is 1. The molecule has 0 atom stereocenters. The van der Waals surface area contributed by atoms with Crippen molar-refractivity contribution in [2.45, 2.75) is 19.4 Å². The fourth-order valence-corrected chi connectivity index (χ4v) is 3.77. The number of benzene rings is 2. The number of allylic oxidation sites excluding steroid dienone is 2. The number of amides is 1. The number of nitrogens with one attached hydrogen (secondary N) is 2. The molecule has 0 radical (unpaired) electrons. The van der Waals surface area contributed by atoms with Gasteiger partial charge in [-0.2, -0.15) is 0 Å². The molecule has 2 heterocycles. The molecule has 2 aliphatic rings. The number of carbonyl (C=O) groups excluding carboxylic acids is 2. The Bertz CT molecular complexity index is 1430. The predicted octanol–water partition coefficient (Wildman–Crippen LogP) is 2.08. The third kappa shape index (κ3) is 3.66.